The topological polar surface area (TPSA) is 74.6 Å². The molecule has 0 bridgehead atoms. The largest absolute Gasteiger partial charge is 0.493 e. The SMILES string of the molecule is COc1cc(C)c(CN(C)[C@H](C)C(=O)Nc2sccc2C#N)cc1OC. The van der Waals surface area contributed by atoms with E-state index in [1.54, 1.807) is 25.7 Å². The zero-order chi connectivity index (χ0) is 19.3. The number of nitriles is 1. The van der Waals surface area contributed by atoms with Gasteiger partial charge in [-0.3, -0.25) is 9.69 Å². The van der Waals surface area contributed by atoms with E-state index in [1.807, 2.05) is 37.9 Å². The van der Waals surface area contributed by atoms with Crippen molar-refractivity contribution in [2.75, 3.05) is 26.6 Å². The van der Waals surface area contributed by atoms with Crippen molar-refractivity contribution < 1.29 is 14.3 Å². The van der Waals surface area contributed by atoms with Crippen LogP contribution in [0, 0.1) is 18.3 Å². The van der Waals surface area contributed by atoms with Crippen molar-refractivity contribution in [2.45, 2.75) is 26.4 Å². The number of benzene rings is 1. The molecule has 1 amide bonds. The van der Waals surface area contributed by atoms with Crippen molar-refractivity contribution in [1.29, 1.82) is 5.26 Å². The third-order valence-electron chi connectivity index (χ3n) is 4.32. The van der Waals surface area contributed by atoms with Crippen LogP contribution < -0.4 is 14.8 Å². The van der Waals surface area contributed by atoms with Crippen molar-refractivity contribution in [3.8, 4) is 17.6 Å². The van der Waals surface area contributed by atoms with Gasteiger partial charge in [-0.15, -0.1) is 11.3 Å². The van der Waals surface area contributed by atoms with Gasteiger partial charge in [0.15, 0.2) is 11.5 Å². The predicted octanol–water partition coefficient (Wildman–Crippen LogP) is 3.40. The molecule has 7 heteroatoms. The van der Waals surface area contributed by atoms with Crippen molar-refractivity contribution in [2.24, 2.45) is 0 Å². The fourth-order valence-corrected chi connectivity index (χ4v) is 3.25. The van der Waals surface area contributed by atoms with Crippen LogP contribution in [0.2, 0.25) is 0 Å². The van der Waals surface area contributed by atoms with Gasteiger partial charge in [0.05, 0.1) is 25.8 Å². The normalized spacial score (nSPS) is 11.7. The number of hydrogen-bond donors (Lipinski definition) is 1. The number of carbonyl (C=O) groups is 1. The lowest BCUT2D eigenvalue weighted by Crippen LogP contribution is -2.39. The van der Waals surface area contributed by atoms with Gasteiger partial charge in [-0.05, 0) is 55.6 Å². The molecule has 0 saturated heterocycles. The van der Waals surface area contributed by atoms with Crippen molar-refractivity contribution in [3.63, 3.8) is 0 Å². The molecule has 0 aliphatic carbocycles. The first-order chi connectivity index (χ1) is 12.4. The minimum absolute atomic E-state index is 0.149. The Labute approximate surface area is 158 Å². The smallest absolute Gasteiger partial charge is 0.242 e. The van der Waals surface area contributed by atoms with Crippen LogP contribution >= 0.6 is 11.3 Å². The number of thiophene rings is 1. The highest BCUT2D eigenvalue weighted by atomic mass is 32.1. The average molecular weight is 373 g/mol. The van der Waals surface area contributed by atoms with Gasteiger partial charge in [-0.1, -0.05) is 0 Å². The zero-order valence-electron chi connectivity index (χ0n) is 15.6. The minimum atomic E-state index is -0.365. The third kappa shape index (κ3) is 4.34. The highest BCUT2D eigenvalue weighted by Gasteiger charge is 2.21. The van der Waals surface area contributed by atoms with Gasteiger partial charge in [0.1, 0.15) is 11.1 Å². The summed E-state index contributed by atoms with van der Waals surface area (Å²) in [5, 5.41) is 14.3. The Morgan fingerprint density at radius 3 is 2.62 bits per heavy atom. The molecule has 138 valence electrons. The van der Waals surface area contributed by atoms with E-state index in [0.29, 0.717) is 28.6 Å². The second-order valence-electron chi connectivity index (χ2n) is 5.99. The highest BCUT2D eigenvalue weighted by Crippen LogP contribution is 2.31. The maximum Gasteiger partial charge on any atom is 0.242 e. The number of likely N-dealkylation sites (N-methyl/N-ethyl adjacent to an activating group) is 1. The number of methoxy groups -OCH3 is 2. The summed E-state index contributed by atoms with van der Waals surface area (Å²) < 4.78 is 10.7. The molecular weight excluding hydrogens is 350 g/mol. The molecule has 2 rings (SSSR count). The molecule has 0 unspecified atom stereocenters. The molecule has 0 aliphatic heterocycles. The van der Waals surface area contributed by atoms with E-state index in [1.165, 1.54) is 11.3 Å². The molecular formula is C19H23N3O3S. The molecule has 2 aromatic rings. The highest BCUT2D eigenvalue weighted by molar-refractivity contribution is 7.14. The third-order valence-corrected chi connectivity index (χ3v) is 5.15. The molecule has 1 aromatic carbocycles. The molecule has 6 nitrogen and oxygen atoms in total. The second kappa shape index (κ2) is 8.70. The lowest BCUT2D eigenvalue weighted by atomic mass is 10.1. The van der Waals surface area contributed by atoms with E-state index in [9.17, 15) is 4.79 Å². The fourth-order valence-electron chi connectivity index (χ4n) is 2.51. The van der Waals surface area contributed by atoms with Crippen molar-refractivity contribution >= 4 is 22.2 Å². The number of nitrogens with one attached hydrogen (secondary N) is 1. The second-order valence-corrected chi connectivity index (χ2v) is 6.91. The van der Waals surface area contributed by atoms with E-state index in [2.05, 4.69) is 11.4 Å². The Balaban J connectivity index is 2.10. The molecule has 1 heterocycles. The first kappa shape index (κ1) is 19.8. The average Bonchev–Trinajstić information content (AvgIpc) is 3.09. The monoisotopic (exact) mass is 373 g/mol. The Morgan fingerprint density at radius 2 is 2.00 bits per heavy atom. The molecule has 0 spiro atoms. The quantitative estimate of drug-likeness (QED) is 0.805. The van der Waals surface area contributed by atoms with Gasteiger partial charge in [-0.2, -0.15) is 5.26 Å². The first-order valence-electron chi connectivity index (χ1n) is 8.11. The molecule has 0 fully saturated rings. The van der Waals surface area contributed by atoms with E-state index in [4.69, 9.17) is 14.7 Å². The first-order valence-corrected chi connectivity index (χ1v) is 8.99. The van der Waals surface area contributed by atoms with Crippen LogP contribution in [0.4, 0.5) is 5.00 Å². The Bertz CT molecular complexity index is 826. The van der Waals surface area contributed by atoms with Gasteiger partial charge in [0, 0.05) is 6.54 Å². The number of hydrogen-bond acceptors (Lipinski definition) is 6. The van der Waals surface area contributed by atoms with Gasteiger partial charge in [-0.25, -0.2) is 0 Å². The number of amides is 1. The van der Waals surface area contributed by atoms with Crippen LogP contribution in [-0.4, -0.2) is 38.1 Å². The summed E-state index contributed by atoms with van der Waals surface area (Å²) in [6.07, 6.45) is 0. The van der Waals surface area contributed by atoms with Crippen LogP contribution in [0.25, 0.3) is 0 Å². The molecule has 0 aliphatic rings. The Morgan fingerprint density at radius 1 is 1.35 bits per heavy atom. The predicted molar refractivity (Wildman–Crippen MR) is 103 cm³/mol. The lowest BCUT2D eigenvalue weighted by Gasteiger charge is -2.25. The standard InChI is InChI=1S/C19H23N3O3S/c1-12-8-16(24-4)17(25-5)9-15(12)11-22(3)13(2)18(23)21-19-14(10-20)6-7-26-19/h6-9,13H,11H2,1-5H3,(H,21,23)/t13-/m1/s1. The van der Waals surface area contributed by atoms with E-state index >= 15 is 0 Å². The molecule has 1 aromatic heterocycles. The number of nitrogens with zero attached hydrogens (tertiary/aromatic N) is 2. The summed E-state index contributed by atoms with van der Waals surface area (Å²) >= 11 is 1.34. The molecule has 1 N–H and O–H groups in total. The van der Waals surface area contributed by atoms with Crippen LogP contribution in [0.15, 0.2) is 23.6 Å². The molecule has 1 atom stereocenters. The van der Waals surface area contributed by atoms with E-state index in [-0.39, 0.29) is 11.9 Å². The maximum atomic E-state index is 12.5. The van der Waals surface area contributed by atoms with Crippen LogP contribution in [0.3, 0.4) is 0 Å². The summed E-state index contributed by atoms with van der Waals surface area (Å²) in [6, 6.07) is 7.27. The minimum Gasteiger partial charge on any atom is -0.493 e. The summed E-state index contributed by atoms with van der Waals surface area (Å²) in [5.74, 6) is 1.20. The van der Waals surface area contributed by atoms with E-state index < -0.39 is 0 Å². The Hall–Kier alpha value is -2.56. The number of carbonyl (C=O) groups excluding carboxylic acids is 1. The van der Waals surface area contributed by atoms with Crippen molar-refractivity contribution in [3.05, 3.63) is 40.3 Å². The fraction of sp³-hybridized carbons (Fsp3) is 0.368. The number of aryl methyl sites for hydroxylation is 1. The van der Waals surface area contributed by atoms with E-state index in [0.717, 1.165) is 11.1 Å². The van der Waals surface area contributed by atoms with Gasteiger partial charge >= 0.3 is 0 Å². The van der Waals surface area contributed by atoms with Gasteiger partial charge in [0.25, 0.3) is 0 Å². The summed E-state index contributed by atoms with van der Waals surface area (Å²) in [6.45, 7) is 4.42. The van der Waals surface area contributed by atoms with Gasteiger partial charge < -0.3 is 14.8 Å². The Kier molecular flexibility index (Phi) is 6.61. The van der Waals surface area contributed by atoms with Crippen molar-refractivity contribution in [1.82, 2.24) is 4.90 Å². The number of ether oxygens (including phenoxy) is 2. The summed E-state index contributed by atoms with van der Waals surface area (Å²) in [4.78, 5) is 14.5. The lowest BCUT2D eigenvalue weighted by molar-refractivity contribution is -0.120. The molecule has 0 radical (unpaired) electrons. The van der Waals surface area contributed by atoms with Crippen LogP contribution in [0.1, 0.15) is 23.6 Å². The molecule has 0 saturated carbocycles. The zero-order valence-corrected chi connectivity index (χ0v) is 16.4. The summed E-state index contributed by atoms with van der Waals surface area (Å²) in [7, 11) is 5.10. The number of anilines is 1. The summed E-state index contributed by atoms with van der Waals surface area (Å²) in [5.41, 5.74) is 2.60. The maximum absolute atomic E-state index is 12.5. The van der Waals surface area contributed by atoms with Gasteiger partial charge in [0.2, 0.25) is 5.91 Å². The van der Waals surface area contributed by atoms with Crippen LogP contribution in [-0.2, 0) is 11.3 Å². The van der Waals surface area contributed by atoms with Crippen LogP contribution in [0.5, 0.6) is 11.5 Å². The number of rotatable bonds is 7. The molecule has 26 heavy (non-hydrogen) atoms.